The highest BCUT2D eigenvalue weighted by Gasteiger charge is 2.19. The van der Waals surface area contributed by atoms with Crippen LogP contribution >= 0.6 is 0 Å². The topological polar surface area (TPSA) is 78.9 Å². The molecular weight excluding hydrogens is 564 g/mol. The number of hydrogen-bond donors (Lipinski definition) is 0. The lowest BCUT2D eigenvalue weighted by molar-refractivity contribution is -0.166. The fourth-order valence-corrected chi connectivity index (χ4v) is 4.74. The maximum Gasteiger partial charge on any atom is 0.306 e. The molecule has 6 heteroatoms. The van der Waals surface area contributed by atoms with Gasteiger partial charge in [-0.1, -0.05) is 115 Å². The van der Waals surface area contributed by atoms with E-state index in [1.807, 2.05) is 0 Å². The molecule has 0 N–H and O–H groups in total. The highest BCUT2D eigenvalue weighted by molar-refractivity contribution is 5.71. The van der Waals surface area contributed by atoms with E-state index in [-0.39, 0.29) is 37.5 Å². The van der Waals surface area contributed by atoms with Gasteiger partial charge in [0.1, 0.15) is 13.2 Å². The van der Waals surface area contributed by atoms with Crippen LogP contribution in [0.15, 0.2) is 36.5 Å². The molecule has 0 atom stereocenters. The monoisotopic (exact) mass is 633 g/mol. The largest absolute Gasteiger partial charge is 0.462 e. The van der Waals surface area contributed by atoms with Gasteiger partial charge in [-0.3, -0.25) is 14.4 Å². The second kappa shape index (κ2) is 34.5. The molecule has 0 aromatic carbocycles. The molecule has 45 heavy (non-hydrogen) atoms. The molecule has 0 spiro atoms. The van der Waals surface area contributed by atoms with E-state index in [1.54, 1.807) is 0 Å². The van der Waals surface area contributed by atoms with Gasteiger partial charge in [0.25, 0.3) is 0 Å². The fourth-order valence-electron chi connectivity index (χ4n) is 4.74. The van der Waals surface area contributed by atoms with Crippen LogP contribution < -0.4 is 0 Å². The van der Waals surface area contributed by atoms with Crippen molar-refractivity contribution >= 4 is 17.9 Å². The first kappa shape index (κ1) is 42.6. The summed E-state index contributed by atoms with van der Waals surface area (Å²) in [6.45, 7) is 6.41. The zero-order chi connectivity index (χ0) is 33.1. The maximum absolute atomic E-state index is 12.5. The van der Waals surface area contributed by atoms with Gasteiger partial charge < -0.3 is 14.2 Å². The third kappa shape index (κ3) is 32.8. The zero-order valence-electron chi connectivity index (χ0n) is 29.4. The molecule has 0 radical (unpaired) electrons. The van der Waals surface area contributed by atoms with Gasteiger partial charge in [-0.25, -0.2) is 0 Å². The molecule has 0 aliphatic rings. The van der Waals surface area contributed by atoms with Gasteiger partial charge in [-0.05, 0) is 77.0 Å². The van der Waals surface area contributed by atoms with Gasteiger partial charge in [0.15, 0.2) is 6.10 Å². The SMILES string of the molecule is CCCCCC/C=C\CCCC(=O)OCC(COC(=O)CCC/C=C\CCCCCC)OC(=O)CCC/C=C\CCCCCC. The molecule has 0 saturated heterocycles. The Kier molecular flexibility index (Phi) is 32.7. The Hall–Kier alpha value is -2.37. The third-order valence-corrected chi connectivity index (χ3v) is 7.59. The van der Waals surface area contributed by atoms with Gasteiger partial charge in [-0.2, -0.15) is 0 Å². The molecule has 0 fully saturated rings. The second-order valence-corrected chi connectivity index (χ2v) is 12.1. The number of ether oxygens (including phenoxy) is 3. The minimum atomic E-state index is -0.800. The number of hydrogen-bond acceptors (Lipinski definition) is 6. The van der Waals surface area contributed by atoms with Crippen LogP contribution in [0.4, 0.5) is 0 Å². The van der Waals surface area contributed by atoms with Gasteiger partial charge in [0, 0.05) is 19.3 Å². The summed E-state index contributed by atoms with van der Waals surface area (Å²) in [5, 5.41) is 0. The van der Waals surface area contributed by atoms with Gasteiger partial charge in [-0.15, -0.1) is 0 Å². The van der Waals surface area contributed by atoms with Crippen LogP contribution in [0.3, 0.4) is 0 Å². The summed E-state index contributed by atoms with van der Waals surface area (Å²) in [5.41, 5.74) is 0. The van der Waals surface area contributed by atoms with Crippen molar-refractivity contribution in [3.63, 3.8) is 0 Å². The van der Waals surface area contributed by atoms with Crippen molar-refractivity contribution < 1.29 is 28.6 Å². The Labute approximate surface area is 276 Å². The third-order valence-electron chi connectivity index (χ3n) is 7.59. The average Bonchev–Trinajstić information content (AvgIpc) is 3.03. The molecule has 0 bridgehead atoms. The molecule has 6 nitrogen and oxygen atoms in total. The number of allylic oxidation sites excluding steroid dienone is 6. The molecule has 0 aliphatic heterocycles. The molecule has 0 heterocycles. The van der Waals surface area contributed by atoms with E-state index in [4.69, 9.17) is 14.2 Å². The minimum Gasteiger partial charge on any atom is -0.462 e. The van der Waals surface area contributed by atoms with E-state index in [1.165, 1.54) is 77.0 Å². The first-order chi connectivity index (χ1) is 22.0. The summed E-state index contributed by atoms with van der Waals surface area (Å²) in [4.78, 5) is 37.2. The van der Waals surface area contributed by atoms with E-state index in [0.717, 1.165) is 38.5 Å². The van der Waals surface area contributed by atoms with Crippen LogP contribution in [0.25, 0.3) is 0 Å². The van der Waals surface area contributed by atoms with Crippen molar-refractivity contribution in [2.24, 2.45) is 0 Å². The number of unbranched alkanes of at least 4 members (excludes halogenated alkanes) is 15. The van der Waals surface area contributed by atoms with Gasteiger partial charge in [0.05, 0.1) is 0 Å². The summed E-state index contributed by atoms with van der Waals surface area (Å²) in [5.74, 6) is -1.02. The molecule has 0 aromatic rings. The quantitative estimate of drug-likeness (QED) is 0.0318. The molecular formula is C39H68O6. The zero-order valence-corrected chi connectivity index (χ0v) is 29.4. The van der Waals surface area contributed by atoms with Crippen molar-refractivity contribution in [3.05, 3.63) is 36.5 Å². The van der Waals surface area contributed by atoms with Crippen LogP contribution in [0.5, 0.6) is 0 Å². The predicted molar refractivity (Wildman–Crippen MR) is 187 cm³/mol. The first-order valence-corrected chi connectivity index (χ1v) is 18.5. The smallest absolute Gasteiger partial charge is 0.306 e. The molecule has 0 amide bonds. The van der Waals surface area contributed by atoms with Crippen molar-refractivity contribution in [1.82, 2.24) is 0 Å². The van der Waals surface area contributed by atoms with Crippen molar-refractivity contribution in [1.29, 1.82) is 0 Å². The highest BCUT2D eigenvalue weighted by Crippen LogP contribution is 2.10. The van der Waals surface area contributed by atoms with E-state index >= 15 is 0 Å². The standard InChI is InChI=1S/C39H68O6/c1-4-7-10-13-16-19-22-25-28-31-37(40)43-34-36(45-39(42)33-30-27-24-21-18-15-12-9-6-3)35-44-38(41)32-29-26-23-20-17-14-11-8-5-2/h19-24,36H,4-18,25-35H2,1-3H3/b22-19-,23-20-,24-21-. The van der Waals surface area contributed by atoms with Gasteiger partial charge >= 0.3 is 17.9 Å². The predicted octanol–water partition coefficient (Wildman–Crippen LogP) is 11.1. The van der Waals surface area contributed by atoms with E-state index < -0.39 is 6.10 Å². The summed E-state index contributed by atoms with van der Waals surface area (Å²) in [7, 11) is 0. The van der Waals surface area contributed by atoms with Crippen LogP contribution in [0.1, 0.15) is 175 Å². The van der Waals surface area contributed by atoms with E-state index in [0.29, 0.717) is 32.1 Å². The van der Waals surface area contributed by atoms with Crippen LogP contribution in [-0.4, -0.2) is 37.2 Å². The molecule has 0 rings (SSSR count). The lowest BCUT2D eigenvalue weighted by atomic mass is 10.1. The number of carbonyl (C=O) groups is 3. The Balaban J connectivity index is 4.50. The van der Waals surface area contributed by atoms with Crippen molar-refractivity contribution in [2.45, 2.75) is 181 Å². The van der Waals surface area contributed by atoms with Crippen LogP contribution in [0.2, 0.25) is 0 Å². The van der Waals surface area contributed by atoms with Crippen molar-refractivity contribution in [3.8, 4) is 0 Å². The van der Waals surface area contributed by atoms with E-state index in [2.05, 4.69) is 57.2 Å². The Bertz CT molecular complexity index is 740. The molecule has 260 valence electrons. The lowest BCUT2D eigenvalue weighted by Gasteiger charge is -2.18. The summed E-state index contributed by atoms with van der Waals surface area (Å²) in [6.07, 6.45) is 35.9. The number of esters is 3. The molecule has 0 unspecified atom stereocenters. The minimum absolute atomic E-state index is 0.108. The van der Waals surface area contributed by atoms with E-state index in [9.17, 15) is 14.4 Å². The summed E-state index contributed by atoms with van der Waals surface area (Å²) < 4.78 is 16.4. The number of rotatable bonds is 32. The molecule has 0 aliphatic carbocycles. The Morgan fingerprint density at radius 1 is 0.422 bits per heavy atom. The van der Waals surface area contributed by atoms with Crippen LogP contribution in [0, 0.1) is 0 Å². The van der Waals surface area contributed by atoms with Gasteiger partial charge in [0.2, 0.25) is 0 Å². The maximum atomic E-state index is 12.5. The second-order valence-electron chi connectivity index (χ2n) is 12.1. The lowest BCUT2D eigenvalue weighted by Crippen LogP contribution is -2.30. The summed E-state index contributed by atoms with van der Waals surface area (Å²) in [6, 6.07) is 0. The first-order valence-electron chi connectivity index (χ1n) is 18.5. The fraction of sp³-hybridized carbons (Fsp3) is 0.769. The molecule has 0 aromatic heterocycles. The summed E-state index contributed by atoms with van der Waals surface area (Å²) >= 11 is 0. The normalized spacial score (nSPS) is 11.7. The highest BCUT2D eigenvalue weighted by atomic mass is 16.6. The number of carbonyl (C=O) groups excluding carboxylic acids is 3. The average molecular weight is 633 g/mol. The Morgan fingerprint density at radius 3 is 1.07 bits per heavy atom. The van der Waals surface area contributed by atoms with Crippen molar-refractivity contribution in [2.75, 3.05) is 13.2 Å². The molecule has 0 saturated carbocycles. The Morgan fingerprint density at radius 2 is 0.733 bits per heavy atom. The van der Waals surface area contributed by atoms with Crippen LogP contribution in [-0.2, 0) is 28.6 Å².